The molecule has 0 heterocycles. The zero-order valence-electron chi connectivity index (χ0n) is 13.4. The third kappa shape index (κ3) is 5.63. The zero-order chi connectivity index (χ0) is 16.5. The van der Waals surface area contributed by atoms with E-state index in [1.807, 2.05) is 23.5 Å². The molecule has 3 rings (SSSR count). The van der Waals surface area contributed by atoms with Crippen LogP contribution in [-0.2, 0) is 0 Å². The maximum absolute atomic E-state index is 2.28. The summed E-state index contributed by atoms with van der Waals surface area (Å²) in [5.41, 5.74) is 1.26. The van der Waals surface area contributed by atoms with Gasteiger partial charge < -0.3 is 0 Å². The molecule has 0 bridgehead atoms. The molecule has 0 aliphatic rings. The maximum Gasteiger partial charge on any atom is 0.0631 e. The first kappa shape index (κ1) is 16.9. The monoisotopic (exact) mass is 348 g/mol. The molecule has 0 aromatic heterocycles. The molecule has 0 aliphatic carbocycles. The van der Waals surface area contributed by atoms with Crippen LogP contribution in [0, 0.1) is 0 Å². The summed E-state index contributed by atoms with van der Waals surface area (Å²) in [6.07, 6.45) is 5.52. The molecule has 120 valence electrons. The summed E-state index contributed by atoms with van der Waals surface area (Å²) in [7, 11) is 0. The van der Waals surface area contributed by atoms with Crippen LogP contribution >= 0.6 is 23.5 Å². The van der Waals surface area contributed by atoms with Crippen molar-refractivity contribution in [1.82, 2.24) is 0 Å². The molecular weight excluding hydrogens is 328 g/mol. The molecule has 0 amide bonds. The van der Waals surface area contributed by atoms with Crippen molar-refractivity contribution in [2.24, 2.45) is 0 Å². The second-order valence-corrected chi connectivity index (χ2v) is 8.19. The highest BCUT2D eigenvalue weighted by molar-refractivity contribution is 8.17. The lowest BCUT2D eigenvalue weighted by molar-refractivity contribution is 1.18. The second kappa shape index (κ2) is 9.41. The Kier molecular flexibility index (Phi) is 6.64. The Hall–Kier alpha value is -1.90. The average molecular weight is 349 g/mol. The van der Waals surface area contributed by atoms with E-state index < -0.39 is 0 Å². The number of hydrogen-bond acceptors (Lipinski definition) is 2. The topological polar surface area (TPSA) is 0 Å². The van der Waals surface area contributed by atoms with E-state index in [0.717, 1.165) is 6.42 Å². The smallest absolute Gasteiger partial charge is 0.0631 e. The van der Waals surface area contributed by atoms with Crippen LogP contribution in [0.2, 0.25) is 0 Å². The van der Waals surface area contributed by atoms with Gasteiger partial charge in [-0.15, -0.1) is 23.5 Å². The Bertz CT molecular complexity index is 695. The molecule has 0 spiro atoms. The normalized spacial score (nSPS) is 11.2. The van der Waals surface area contributed by atoms with Gasteiger partial charge in [0.1, 0.15) is 0 Å². The molecule has 0 unspecified atom stereocenters. The van der Waals surface area contributed by atoms with E-state index in [1.165, 1.54) is 15.4 Å². The van der Waals surface area contributed by atoms with Gasteiger partial charge in [0.2, 0.25) is 0 Å². The van der Waals surface area contributed by atoms with Crippen LogP contribution in [0.25, 0.3) is 6.08 Å². The fourth-order valence-corrected chi connectivity index (χ4v) is 4.81. The van der Waals surface area contributed by atoms with Crippen molar-refractivity contribution in [3.8, 4) is 0 Å². The van der Waals surface area contributed by atoms with Crippen molar-refractivity contribution in [3.63, 3.8) is 0 Å². The minimum absolute atomic E-state index is 0.453. The molecule has 0 nitrogen and oxygen atoms in total. The van der Waals surface area contributed by atoms with Crippen molar-refractivity contribution in [3.05, 3.63) is 103 Å². The first-order valence-corrected chi connectivity index (χ1v) is 9.81. The van der Waals surface area contributed by atoms with Crippen molar-refractivity contribution in [2.45, 2.75) is 20.8 Å². The van der Waals surface area contributed by atoms with Crippen LogP contribution in [0.4, 0.5) is 0 Å². The molecule has 0 aliphatic heterocycles. The summed E-state index contributed by atoms with van der Waals surface area (Å²) in [5.74, 6) is 0. The minimum Gasteiger partial charge on any atom is -0.111 e. The van der Waals surface area contributed by atoms with Crippen LogP contribution in [0.1, 0.15) is 12.0 Å². The quantitative estimate of drug-likeness (QED) is 0.333. The Morgan fingerprint density at radius 3 is 1.58 bits per heavy atom. The standard InChI is InChI=1S/C22H20S2/c1-4-11-19(12-5-1)13-10-18-22(23-20-14-6-2-7-15-20)24-21-16-8-3-9-17-21/h1-17,22H,18H2/b13-10+. The highest BCUT2D eigenvalue weighted by Gasteiger charge is 2.10. The van der Waals surface area contributed by atoms with E-state index in [-0.39, 0.29) is 0 Å². The van der Waals surface area contributed by atoms with Gasteiger partial charge in [-0.1, -0.05) is 78.9 Å². The molecule has 0 radical (unpaired) electrons. The lowest BCUT2D eigenvalue weighted by Gasteiger charge is -2.14. The molecule has 0 saturated heterocycles. The summed E-state index contributed by atoms with van der Waals surface area (Å²) in [4.78, 5) is 2.64. The van der Waals surface area contributed by atoms with Gasteiger partial charge in [0.15, 0.2) is 0 Å². The van der Waals surface area contributed by atoms with Gasteiger partial charge in [-0.3, -0.25) is 0 Å². The van der Waals surface area contributed by atoms with Crippen molar-refractivity contribution >= 4 is 29.6 Å². The van der Waals surface area contributed by atoms with Crippen LogP contribution < -0.4 is 0 Å². The highest BCUT2D eigenvalue weighted by atomic mass is 32.2. The van der Waals surface area contributed by atoms with Gasteiger partial charge in [0.05, 0.1) is 4.58 Å². The largest absolute Gasteiger partial charge is 0.111 e. The van der Waals surface area contributed by atoms with Crippen LogP contribution in [0.5, 0.6) is 0 Å². The number of hydrogen-bond donors (Lipinski definition) is 0. The molecule has 0 atom stereocenters. The van der Waals surface area contributed by atoms with E-state index in [1.54, 1.807) is 0 Å². The molecular formula is C22H20S2. The Balaban J connectivity index is 1.68. The van der Waals surface area contributed by atoms with Crippen LogP contribution in [-0.4, -0.2) is 4.58 Å². The molecule has 0 saturated carbocycles. The van der Waals surface area contributed by atoms with Gasteiger partial charge in [0.25, 0.3) is 0 Å². The van der Waals surface area contributed by atoms with E-state index in [9.17, 15) is 0 Å². The van der Waals surface area contributed by atoms with E-state index in [2.05, 4.69) is 103 Å². The Labute approximate surface area is 153 Å². The van der Waals surface area contributed by atoms with E-state index >= 15 is 0 Å². The fourth-order valence-electron chi connectivity index (χ4n) is 2.30. The van der Waals surface area contributed by atoms with Gasteiger partial charge in [-0.05, 0) is 36.2 Å². The molecule has 0 fully saturated rings. The highest BCUT2D eigenvalue weighted by Crippen LogP contribution is 2.37. The molecule has 2 heteroatoms. The van der Waals surface area contributed by atoms with Crippen molar-refractivity contribution in [2.75, 3.05) is 0 Å². The number of rotatable bonds is 7. The SMILES string of the molecule is C(=C\c1ccccc1)/CC(Sc1ccccc1)Sc1ccccc1. The van der Waals surface area contributed by atoms with Gasteiger partial charge >= 0.3 is 0 Å². The average Bonchev–Trinajstić information content (AvgIpc) is 2.64. The number of thioether (sulfide) groups is 2. The predicted molar refractivity (Wildman–Crippen MR) is 108 cm³/mol. The summed E-state index contributed by atoms with van der Waals surface area (Å²) in [5, 5.41) is 0. The Morgan fingerprint density at radius 2 is 1.08 bits per heavy atom. The summed E-state index contributed by atoms with van der Waals surface area (Å²) >= 11 is 3.86. The van der Waals surface area contributed by atoms with Crippen LogP contribution in [0.3, 0.4) is 0 Å². The van der Waals surface area contributed by atoms with Gasteiger partial charge in [0, 0.05) is 9.79 Å². The molecule has 0 N–H and O–H groups in total. The van der Waals surface area contributed by atoms with Crippen molar-refractivity contribution in [1.29, 1.82) is 0 Å². The van der Waals surface area contributed by atoms with Crippen LogP contribution in [0.15, 0.2) is 107 Å². The third-order valence-electron chi connectivity index (χ3n) is 3.46. The number of allylic oxidation sites excluding steroid dienone is 1. The lowest BCUT2D eigenvalue weighted by atomic mass is 10.2. The molecule has 3 aromatic rings. The van der Waals surface area contributed by atoms with Gasteiger partial charge in [-0.25, -0.2) is 0 Å². The lowest BCUT2D eigenvalue weighted by Crippen LogP contribution is -1.95. The zero-order valence-corrected chi connectivity index (χ0v) is 15.0. The second-order valence-electron chi connectivity index (χ2n) is 5.34. The minimum atomic E-state index is 0.453. The van der Waals surface area contributed by atoms with Crippen molar-refractivity contribution < 1.29 is 0 Å². The summed E-state index contributed by atoms with van der Waals surface area (Å²) in [6, 6.07) is 31.8. The summed E-state index contributed by atoms with van der Waals surface area (Å²) in [6.45, 7) is 0. The first-order valence-electron chi connectivity index (χ1n) is 8.05. The predicted octanol–water partition coefficient (Wildman–Crippen LogP) is 7.00. The maximum atomic E-state index is 2.28. The third-order valence-corrected chi connectivity index (χ3v) is 6.04. The number of benzene rings is 3. The molecule has 3 aromatic carbocycles. The van der Waals surface area contributed by atoms with E-state index in [0.29, 0.717) is 4.58 Å². The Morgan fingerprint density at radius 1 is 0.625 bits per heavy atom. The van der Waals surface area contributed by atoms with E-state index in [4.69, 9.17) is 0 Å². The van der Waals surface area contributed by atoms with Gasteiger partial charge in [-0.2, -0.15) is 0 Å². The molecule has 24 heavy (non-hydrogen) atoms. The fraction of sp³-hybridized carbons (Fsp3) is 0.0909. The summed E-state index contributed by atoms with van der Waals surface area (Å²) < 4.78 is 0.453. The first-order chi connectivity index (χ1) is 11.9.